The van der Waals surface area contributed by atoms with Gasteiger partial charge in [-0.1, -0.05) is 0 Å². The molecule has 1 unspecified atom stereocenters. The Kier molecular flexibility index (Phi) is 3.70. The molecule has 3 N–H and O–H groups in total. The van der Waals surface area contributed by atoms with E-state index in [-0.39, 0.29) is 24.3 Å². The van der Waals surface area contributed by atoms with Crippen LogP contribution < -0.4 is 11.1 Å². The zero-order chi connectivity index (χ0) is 13.2. The number of hydrogen-bond acceptors (Lipinski definition) is 5. The third-order valence-corrected chi connectivity index (χ3v) is 2.64. The summed E-state index contributed by atoms with van der Waals surface area (Å²) in [5.74, 6) is -0.00866. The summed E-state index contributed by atoms with van der Waals surface area (Å²) in [6.07, 6.45) is -0.132. The Morgan fingerprint density at radius 2 is 2.33 bits per heavy atom. The van der Waals surface area contributed by atoms with Crippen LogP contribution in [-0.4, -0.2) is 30.9 Å². The first-order valence-corrected chi connectivity index (χ1v) is 5.89. The van der Waals surface area contributed by atoms with Gasteiger partial charge in [-0.3, -0.25) is 4.79 Å². The lowest BCUT2D eigenvalue weighted by Gasteiger charge is -2.17. The average molecular weight is 254 g/mol. The van der Waals surface area contributed by atoms with E-state index in [0.29, 0.717) is 18.9 Å². The molecule has 1 fully saturated rings. The molecule has 1 atom stereocenters. The number of furan rings is 1. The number of carbonyl (C=O) groups is 1. The first-order chi connectivity index (χ1) is 8.50. The fraction of sp³-hybridized carbons (Fsp3) is 0.583. The maximum absolute atomic E-state index is 11.7. The van der Waals surface area contributed by atoms with E-state index in [1.165, 1.54) is 0 Å². The molecule has 1 aliphatic heterocycles. The Bertz CT molecular complexity index is 427. The lowest BCUT2D eigenvalue weighted by molar-refractivity contribution is -0.137. The quantitative estimate of drug-likeness (QED) is 0.822. The summed E-state index contributed by atoms with van der Waals surface area (Å²) in [5, 5.41) is 2.74. The van der Waals surface area contributed by atoms with Crippen LogP contribution in [0.1, 0.15) is 30.2 Å². The Balaban J connectivity index is 1.82. The monoisotopic (exact) mass is 254 g/mol. The second kappa shape index (κ2) is 5.09. The van der Waals surface area contributed by atoms with E-state index >= 15 is 0 Å². The van der Waals surface area contributed by atoms with Gasteiger partial charge < -0.3 is 24.9 Å². The van der Waals surface area contributed by atoms with Crippen LogP contribution in [0.25, 0.3) is 0 Å². The number of ether oxygens (including phenoxy) is 2. The highest BCUT2D eigenvalue weighted by atomic mass is 16.7. The summed E-state index contributed by atoms with van der Waals surface area (Å²) in [5.41, 5.74) is 5.40. The molecule has 0 spiro atoms. The third kappa shape index (κ3) is 3.10. The minimum atomic E-state index is -0.577. The summed E-state index contributed by atoms with van der Waals surface area (Å²) in [4.78, 5) is 11.7. The maximum Gasteiger partial charge on any atom is 0.287 e. The molecule has 2 rings (SSSR count). The number of nitrogens with one attached hydrogen (secondary N) is 1. The van der Waals surface area contributed by atoms with Crippen LogP contribution in [0.3, 0.4) is 0 Å². The molecule has 1 amide bonds. The van der Waals surface area contributed by atoms with Crippen molar-refractivity contribution in [2.24, 2.45) is 5.73 Å². The molecule has 1 aromatic rings. The van der Waals surface area contributed by atoms with E-state index < -0.39 is 5.79 Å². The van der Waals surface area contributed by atoms with Crippen molar-refractivity contribution in [3.8, 4) is 0 Å². The molecule has 1 saturated heterocycles. The van der Waals surface area contributed by atoms with Gasteiger partial charge in [0, 0.05) is 6.54 Å². The van der Waals surface area contributed by atoms with E-state index in [4.69, 9.17) is 19.6 Å². The molecule has 0 saturated carbocycles. The summed E-state index contributed by atoms with van der Waals surface area (Å²) in [6, 6.07) is 3.29. The van der Waals surface area contributed by atoms with Gasteiger partial charge in [0.2, 0.25) is 0 Å². The van der Waals surface area contributed by atoms with Crippen LogP contribution in [0.5, 0.6) is 0 Å². The van der Waals surface area contributed by atoms with E-state index in [0.717, 1.165) is 0 Å². The highest BCUT2D eigenvalue weighted by molar-refractivity contribution is 5.91. The van der Waals surface area contributed by atoms with Crippen molar-refractivity contribution in [3.63, 3.8) is 0 Å². The molecular formula is C12H18N2O4. The first-order valence-electron chi connectivity index (χ1n) is 5.89. The largest absolute Gasteiger partial charge is 0.455 e. The van der Waals surface area contributed by atoms with Crippen LogP contribution in [-0.2, 0) is 16.0 Å². The van der Waals surface area contributed by atoms with Crippen molar-refractivity contribution in [2.75, 3.05) is 13.2 Å². The van der Waals surface area contributed by atoms with Gasteiger partial charge in [0.1, 0.15) is 11.9 Å². The van der Waals surface area contributed by atoms with E-state index in [2.05, 4.69) is 5.32 Å². The van der Waals surface area contributed by atoms with E-state index in [1.807, 2.05) is 13.8 Å². The van der Waals surface area contributed by atoms with Gasteiger partial charge in [-0.05, 0) is 26.0 Å². The molecule has 0 aliphatic carbocycles. The van der Waals surface area contributed by atoms with Gasteiger partial charge in [-0.15, -0.1) is 0 Å². The van der Waals surface area contributed by atoms with Crippen molar-refractivity contribution in [1.82, 2.24) is 5.32 Å². The van der Waals surface area contributed by atoms with Crippen LogP contribution >= 0.6 is 0 Å². The van der Waals surface area contributed by atoms with Crippen LogP contribution in [0.15, 0.2) is 16.5 Å². The van der Waals surface area contributed by atoms with Gasteiger partial charge in [0.05, 0.1) is 13.2 Å². The van der Waals surface area contributed by atoms with Crippen molar-refractivity contribution >= 4 is 5.91 Å². The molecular weight excluding hydrogens is 236 g/mol. The van der Waals surface area contributed by atoms with Crippen LogP contribution in [0.4, 0.5) is 0 Å². The van der Waals surface area contributed by atoms with Crippen LogP contribution in [0, 0.1) is 0 Å². The predicted molar refractivity (Wildman–Crippen MR) is 63.8 cm³/mol. The molecule has 18 heavy (non-hydrogen) atoms. The van der Waals surface area contributed by atoms with Gasteiger partial charge in [0.15, 0.2) is 11.5 Å². The lowest BCUT2D eigenvalue weighted by atomic mass is 10.3. The van der Waals surface area contributed by atoms with Gasteiger partial charge in [-0.25, -0.2) is 0 Å². The second-order valence-corrected chi connectivity index (χ2v) is 4.63. The Morgan fingerprint density at radius 3 is 2.89 bits per heavy atom. The Labute approximate surface area is 105 Å². The molecule has 6 nitrogen and oxygen atoms in total. The summed E-state index contributed by atoms with van der Waals surface area (Å²) < 4.78 is 16.2. The molecule has 100 valence electrons. The number of amides is 1. The second-order valence-electron chi connectivity index (χ2n) is 4.63. The normalized spacial score (nSPS) is 22.1. The minimum Gasteiger partial charge on any atom is -0.455 e. The van der Waals surface area contributed by atoms with Gasteiger partial charge in [0.25, 0.3) is 5.91 Å². The summed E-state index contributed by atoms with van der Waals surface area (Å²) in [7, 11) is 0. The fourth-order valence-electron chi connectivity index (χ4n) is 1.77. The van der Waals surface area contributed by atoms with Crippen molar-refractivity contribution in [3.05, 3.63) is 23.7 Å². The van der Waals surface area contributed by atoms with Crippen LogP contribution in [0.2, 0.25) is 0 Å². The lowest BCUT2D eigenvalue weighted by Crippen LogP contribution is -2.34. The number of nitrogens with two attached hydrogens (primary N) is 1. The Hall–Kier alpha value is -1.37. The van der Waals surface area contributed by atoms with Gasteiger partial charge in [-0.2, -0.15) is 0 Å². The predicted octanol–water partition coefficient (Wildman–Crippen LogP) is 0.620. The van der Waals surface area contributed by atoms with E-state index in [9.17, 15) is 4.79 Å². The molecule has 1 aliphatic rings. The van der Waals surface area contributed by atoms with Crippen molar-refractivity contribution < 1.29 is 18.7 Å². The molecule has 0 radical (unpaired) electrons. The SMILES string of the molecule is CC1(C)OCC(CNC(=O)c2ccc(CN)o2)O1. The Morgan fingerprint density at radius 1 is 1.56 bits per heavy atom. The van der Waals surface area contributed by atoms with Crippen molar-refractivity contribution in [1.29, 1.82) is 0 Å². The first kappa shape index (κ1) is 13.1. The average Bonchev–Trinajstić information content (AvgIpc) is 2.92. The molecule has 0 bridgehead atoms. The molecule has 6 heteroatoms. The minimum absolute atomic E-state index is 0.132. The smallest absolute Gasteiger partial charge is 0.287 e. The van der Waals surface area contributed by atoms with E-state index in [1.54, 1.807) is 12.1 Å². The number of carbonyl (C=O) groups excluding carboxylic acids is 1. The maximum atomic E-state index is 11.7. The number of hydrogen-bond donors (Lipinski definition) is 2. The standard InChI is InChI=1S/C12H18N2O4/c1-12(2)16-7-9(18-12)6-14-11(15)10-4-3-8(5-13)17-10/h3-4,9H,5-7,13H2,1-2H3,(H,14,15). The third-order valence-electron chi connectivity index (χ3n) is 2.64. The molecule has 1 aromatic heterocycles. The topological polar surface area (TPSA) is 86.7 Å². The molecule has 0 aromatic carbocycles. The number of rotatable bonds is 4. The zero-order valence-electron chi connectivity index (χ0n) is 10.6. The van der Waals surface area contributed by atoms with Crippen molar-refractivity contribution in [2.45, 2.75) is 32.3 Å². The summed E-state index contributed by atoms with van der Waals surface area (Å²) >= 11 is 0. The summed E-state index contributed by atoms with van der Waals surface area (Å²) in [6.45, 7) is 4.82. The fourth-order valence-corrected chi connectivity index (χ4v) is 1.77. The molecule has 2 heterocycles. The highest BCUT2D eigenvalue weighted by Gasteiger charge is 2.32. The highest BCUT2D eigenvalue weighted by Crippen LogP contribution is 2.21. The zero-order valence-corrected chi connectivity index (χ0v) is 10.6. The van der Waals surface area contributed by atoms with Gasteiger partial charge >= 0.3 is 0 Å².